The average molecular weight is 224 g/mol. The number of hydrogen-bond donors (Lipinski definition) is 3. The molecule has 0 bridgehead atoms. The minimum absolute atomic E-state index is 0.139. The van der Waals surface area contributed by atoms with Crippen LogP contribution in [-0.2, 0) is 4.79 Å². The molecule has 0 spiro atoms. The highest BCUT2D eigenvalue weighted by Gasteiger charge is 1.86. The van der Waals surface area contributed by atoms with E-state index in [4.69, 9.17) is 15.3 Å². The first-order valence-electron chi connectivity index (χ1n) is 4.81. The third kappa shape index (κ3) is 8.93. The number of aliphatic carboxylic acids is 1. The molecule has 16 heavy (non-hydrogen) atoms. The standard InChI is InChI=1S/C9H8O2.C3H8O2/c10-9(11)7-6-8-4-2-1-3-5-8;1-3(5)2-4/h1-7H,(H,10,11);3-5H,2H2,1H3. The molecule has 0 aliphatic carbocycles. The van der Waals surface area contributed by atoms with Crippen LogP contribution in [-0.4, -0.2) is 34.0 Å². The molecule has 1 atom stereocenters. The summed E-state index contributed by atoms with van der Waals surface area (Å²) in [7, 11) is 0. The first kappa shape index (κ1) is 14.4. The average Bonchev–Trinajstić information content (AvgIpc) is 2.28. The molecule has 88 valence electrons. The third-order valence-corrected chi connectivity index (χ3v) is 1.48. The van der Waals surface area contributed by atoms with E-state index in [1.165, 1.54) is 6.92 Å². The van der Waals surface area contributed by atoms with Crippen LogP contribution in [0.25, 0.3) is 6.08 Å². The lowest BCUT2D eigenvalue weighted by atomic mass is 10.2. The molecule has 4 nitrogen and oxygen atoms in total. The van der Waals surface area contributed by atoms with E-state index in [2.05, 4.69) is 0 Å². The summed E-state index contributed by atoms with van der Waals surface area (Å²) in [4.78, 5) is 10.1. The second-order valence-electron chi connectivity index (χ2n) is 3.11. The molecule has 4 heteroatoms. The van der Waals surface area contributed by atoms with Gasteiger partial charge in [0.05, 0.1) is 12.7 Å². The van der Waals surface area contributed by atoms with Gasteiger partial charge in [-0.25, -0.2) is 4.79 Å². The van der Waals surface area contributed by atoms with E-state index in [0.29, 0.717) is 0 Å². The highest BCUT2D eigenvalue weighted by Crippen LogP contribution is 1.99. The molecule has 1 unspecified atom stereocenters. The fourth-order valence-corrected chi connectivity index (χ4v) is 0.732. The van der Waals surface area contributed by atoms with E-state index >= 15 is 0 Å². The Morgan fingerprint density at radius 1 is 1.38 bits per heavy atom. The van der Waals surface area contributed by atoms with Crippen LogP contribution in [0.1, 0.15) is 12.5 Å². The van der Waals surface area contributed by atoms with E-state index in [1.54, 1.807) is 6.08 Å². The molecule has 0 aliphatic rings. The van der Waals surface area contributed by atoms with Gasteiger partial charge in [0.25, 0.3) is 0 Å². The maximum absolute atomic E-state index is 10.1. The lowest BCUT2D eigenvalue weighted by molar-refractivity contribution is -0.131. The Labute approximate surface area is 94.5 Å². The van der Waals surface area contributed by atoms with Crippen LogP contribution in [0.2, 0.25) is 0 Å². The van der Waals surface area contributed by atoms with Gasteiger partial charge in [0.1, 0.15) is 0 Å². The molecule has 0 amide bonds. The van der Waals surface area contributed by atoms with Gasteiger partial charge in [-0.05, 0) is 18.6 Å². The summed E-state index contributed by atoms with van der Waals surface area (Å²) in [5.41, 5.74) is 0.898. The van der Waals surface area contributed by atoms with Crippen LogP contribution in [0.15, 0.2) is 36.4 Å². The van der Waals surface area contributed by atoms with Gasteiger partial charge < -0.3 is 15.3 Å². The van der Waals surface area contributed by atoms with E-state index in [1.807, 2.05) is 30.3 Å². The maximum atomic E-state index is 10.1. The van der Waals surface area contributed by atoms with Gasteiger partial charge in [0, 0.05) is 6.08 Å². The summed E-state index contributed by atoms with van der Waals surface area (Å²) in [6, 6.07) is 9.31. The Balaban J connectivity index is 0.000000385. The summed E-state index contributed by atoms with van der Waals surface area (Å²) in [5, 5.41) is 24.3. The molecule has 0 radical (unpaired) electrons. The maximum Gasteiger partial charge on any atom is 0.328 e. The summed E-state index contributed by atoms with van der Waals surface area (Å²) < 4.78 is 0. The number of carbonyl (C=O) groups is 1. The van der Waals surface area contributed by atoms with E-state index in [-0.39, 0.29) is 6.61 Å². The van der Waals surface area contributed by atoms with E-state index < -0.39 is 12.1 Å². The number of carboxylic acid groups (broad SMARTS) is 1. The Hall–Kier alpha value is -1.65. The lowest BCUT2D eigenvalue weighted by Crippen LogP contribution is -2.03. The smallest absolute Gasteiger partial charge is 0.328 e. The van der Waals surface area contributed by atoms with Crippen molar-refractivity contribution in [2.75, 3.05) is 6.61 Å². The third-order valence-electron chi connectivity index (χ3n) is 1.48. The largest absolute Gasteiger partial charge is 0.478 e. The summed E-state index contributed by atoms with van der Waals surface area (Å²) in [6.07, 6.45) is 2.12. The Morgan fingerprint density at radius 3 is 2.25 bits per heavy atom. The van der Waals surface area contributed by atoms with Crippen LogP contribution >= 0.6 is 0 Å². The highest BCUT2D eigenvalue weighted by molar-refractivity contribution is 5.85. The molecule has 3 N–H and O–H groups in total. The molecule has 0 saturated heterocycles. The van der Waals surface area contributed by atoms with Gasteiger partial charge in [-0.15, -0.1) is 0 Å². The Bertz CT molecular complexity index is 317. The van der Waals surface area contributed by atoms with Crippen molar-refractivity contribution in [3.8, 4) is 0 Å². The molecule has 1 aromatic rings. The molecule has 1 rings (SSSR count). The van der Waals surface area contributed by atoms with Crippen LogP contribution in [0, 0.1) is 0 Å². The lowest BCUT2D eigenvalue weighted by Gasteiger charge is -1.90. The van der Waals surface area contributed by atoms with Gasteiger partial charge in [0.15, 0.2) is 0 Å². The molecule has 0 fully saturated rings. The number of rotatable bonds is 3. The fourth-order valence-electron chi connectivity index (χ4n) is 0.732. The van der Waals surface area contributed by atoms with Crippen LogP contribution in [0.5, 0.6) is 0 Å². The van der Waals surface area contributed by atoms with Crippen molar-refractivity contribution in [1.29, 1.82) is 0 Å². The summed E-state index contributed by atoms with van der Waals surface area (Å²) in [5.74, 6) is -0.922. The van der Waals surface area contributed by atoms with Crippen LogP contribution in [0.3, 0.4) is 0 Å². The molecular weight excluding hydrogens is 208 g/mol. The quantitative estimate of drug-likeness (QED) is 0.673. The van der Waals surface area contributed by atoms with Gasteiger partial charge in [-0.2, -0.15) is 0 Å². The van der Waals surface area contributed by atoms with Crippen LogP contribution in [0.4, 0.5) is 0 Å². The first-order chi connectivity index (χ1) is 7.56. The normalized spacial score (nSPS) is 11.7. The number of benzene rings is 1. The second-order valence-corrected chi connectivity index (χ2v) is 3.11. The van der Waals surface area contributed by atoms with Crippen molar-refractivity contribution in [1.82, 2.24) is 0 Å². The van der Waals surface area contributed by atoms with Gasteiger partial charge in [0.2, 0.25) is 0 Å². The monoisotopic (exact) mass is 224 g/mol. The highest BCUT2D eigenvalue weighted by atomic mass is 16.4. The predicted octanol–water partition coefficient (Wildman–Crippen LogP) is 1.14. The van der Waals surface area contributed by atoms with Gasteiger partial charge in [-0.1, -0.05) is 30.3 Å². The van der Waals surface area contributed by atoms with Crippen molar-refractivity contribution < 1.29 is 20.1 Å². The predicted molar refractivity (Wildman–Crippen MR) is 61.9 cm³/mol. The molecular formula is C12H16O4. The van der Waals surface area contributed by atoms with E-state index in [0.717, 1.165) is 11.6 Å². The van der Waals surface area contributed by atoms with E-state index in [9.17, 15) is 4.79 Å². The number of aliphatic hydroxyl groups excluding tert-OH is 2. The minimum atomic E-state index is -0.922. The van der Waals surface area contributed by atoms with Gasteiger partial charge in [-0.3, -0.25) is 0 Å². The van der Waals surface area contributed by atoms with Crippen molar-refractivity contribution in [3.05, 3.63) is 42.0 Å². The minimum Gasteiger partial charge on any atom is -0.478 e. The van der Waals surface area contributed by atoms with Crippen molar-refractivity contribution in [3.63, 3.8) is 0 Å². The number of hydrogen-bond acceptors (Lipinski definition) is 3. The molecule has 0 aromatic heterocycles. The molecule has 0 heterocycles. The Morgan fingerprint density at radius 2 is 1.88 bits per heavy atom. The first-order valence-corrected chi connectivity index (χ1v) is 4.81. The SMILES string of the molecule is CC(O)CO.O=C(O)C=Cc1ccccc1. The molecule has 0 aliphatic heterocycles. The zero-order chi connectivity index (χ0) is 12.4. The van der Waals surface area contributed by atoms with Crippen molar-refractivity contribution >= 4 is 12.0 Å². The summed E-state index contributed by atoms with van der Waals surface area (Å²) >= 11 is 0. The second kappa shape index (κ2) is 8.64. The van der Waals surface area contributed by atoms with Crippen molar-refractivity contribution in [2.45, 2.75) is 13.0 Å². The number of aliphatic hydroxyl groups is 2. The fraction of sp³-hybridized carbons (Fsp3) is 0.250. The molecule has 1 aromatic carbocycles. The zero-order valence-electron chi connectivity index (χ0n) is 9.08. The Kier molecular flexibility index (Phi) is 7.75. The van der Waals surface area contributed by atoms with Crippen molar-refractivity contribution in [2.24, 2.45) is 0 Å². The number of carboxylic acids is 1. The van der Waals surface area contributed by atoms with Crippen LogP contribution < -0.4 is 0 Å². The topological polar surface area (TPSA) is 77.8 Å². The molecule has 0 saturated carbocycles. The summed E-state index contributed by atoms with van der Waals surface area (Å²) in [6.45, 7) is 1.39. The van der Waals surface area contributed by atoms with Gasteiger partial charge >= 0.3 is 5.97 Å². The zero-order valence-corrected chi connectivity index (χ0v) is 9.08.